The molecule has 3 N–H and O–H groups in total. The molecule has 2 saturated heterocycles. The fraction of sp³-hybridized carbons (Fsp3) is 0.429. The summed E-state index contributed by atoms with van der Waals surface area (Å²) >= 11 is 6.23. The zero-order chi connectivity index (χ0) is 49.4. The zero-order valence-electron chi connectivity index (χ0n) is 38.7. The van der Waals surface area contributed by atoms with Crippen molar-refractivity contribution in [3.05, 3.63) is 107 Å². The van der Waals surface area contributed by atoms with Crippen molar-refractivity contribution in [2.24, 2.45) is 0 Å². The first-order valence-electron chi connectivity index (χ1n) is 23.3. The molecule has 9 rings (SSSR count). The van der Waals surface area contributed by atoms with Crippen LogP contribution in [0, 0.1) is 0 Å². The highest BCUT2D eigenvalue weighted by Crippen LogP contribution is 2.41. The van der Waals surface area contributed by atoms with Crippen molar-refractivity contribution in [1.29, 1.82) is 0 Å². The summed E-state index contributed by atoms with van der Waals surface area (Å²) in [6.07, 6.45) is 6.46. The molecule has 15 nitrogen and oxygen atoms in total. The van der Waals surface area contributed by atoms with E-state index in [0.29, 0.717) is 93.2 Å². The number of ether oxygens (including phenoxy) is 3. The first-order chi connectivity index (χ1) is 33.3. The molecule has 374 valence electrons. The summed E-state index contributed by atoms with van der Waals surface area (Å²) in [5.74, 6) is -0.900. The predicted molar refractivity (Wildman–Crippen MR) is 261 cm³/mol. The van der Waals surface area contributed by atoms with Gasteiger partial charge in [-0.2, -0.15) is 13.2 Å². The van der Waals surface area contributed by atoms with E-state index in [1.54, 1.807) is 30.5 Å². The average Bonchev–Trinajstić information content (AvgIpc) is 3.81. The van der Waals surface area contributed by atoms with Crippen molar-refractivity contribution >= 4 is 65.3 Å². The average molecular weight is 1030 g/mol. The fourth-order valence-electron chi connectivity index (χ4n) is 9.76. The summed E-state index contributed by atoms with van der Waals surface area (Å²) in [6.45, 7) is 10.3. The third-order valence-corrected chi connectivity index (χ3v) is 16.6. The number of rotatable bonds is 13. The second-order valence-electron chi connectivity index (χ2n) is 18.8. The number of fused-ring (bicyclic) bond motifs is 1. The maximum atomic E-state index is 14.3. The molecule has 1 amide bonds. The van der Waals surface area contributed by atoms with Gasteiger partial charge in [-0.25, -0.2) is 26.5 Å². The van der Waals surface area contributed by atoms with Gasteiger partial charge in [-0.3, -0.25) is 14.6 Å². The van der Waals surface area contributed by atoms with Gasteiger partial charge in [-0.1, -0.05) is 29.8 Å². The normalized spacial score (nSPS) is 20.9. The number of piperazine rings is 1. The number of carbonyl (C=O) groups is 1. The van der Waals surface area contributed by atoms with Crippen molar-refractivity contribution in [3.8, 4) is 11.5 Å². The van der Waals surface area contributed by atoms with E-state index in [0.717, 1.165) is 50.0 Å². The number of hydrogen-bond donors (Lipinski definition) is 3. The number of benzene rings is 3. The summed E-state index contributed by atoms with van der Waals surface area (Å²) in [4.78, 5) is 26.3. The molecule has 2 aromatic heterocycles. The Kier molecular flexibility index (Phi) is 14.3. The number of sulfonamides is 1. The standard InChI is InChI=1S/C49H55ClF3N7O8S2/c1-48(2)28-41(32-6-8-35(50)9-7-32)34(31-67-48)30-58-18-20-60(21-19-58)43-5-3-4-40(45(43)68-38-26-33-16-17-54-46(33)55-29-38)47(61)57-70(64,65)39-14-15-42(44(27-39)69(62,63)49(51,52)53)56-36-10-12-37(13-11-36)59-22-24-66-25-23-59/h3-9,14-17,26-27,29,36-37,56H,10-13,18-25,28,30-31H2,1-2H3,(H,54,55)(H,57,61). The molecular formula is C49H55ClF3N7O8S2. The molecular weight excluding hydrogens is 971 g/mol. The SMILES string of the molecule is CC1(C)CC(c2ccc(Cl)cc2)=C(CN2CCN(c3cccc(C(=O)NS(=O)(=O)c4ccc(NC5CCC(N6CCOCC6)CC5)c(S(=O)(=O)C(F)(F)F)c4)c3Oc3cnc4[nH]ccc4c3)CC2)CO1. The van der Waals surface area contributed by atoms with Crippen LogP contribution in [-0.2, 0) is 29.3 Å². The molecule has 21 heteroatoms. The number of aromatic nitrogens is 2. The lowest BCUT2D eigenvalue weighted by atomic mass is 9.87. The van der Waals surface area contributed by atoms with Gasteiger partial charge in [-0.05, 0) is 111 Å². The van der Waals surface area contributed by atoms with Crippen molar-refractivity contribution in [2.75, 3.05) is 75.9 Å². The van der Waals surface area contributed by atoms with E-state index < -0.39 is 41.1 Å². The Morgan fingerprint density at radius 2 is 1.66 bits per heavy atom. The number of pyridine rings is 1. The van der Waals surface area contributed by atoms with Gasteiger partial charge in [0.25, 0.3) is 25.8 Å². The molecule has 70 heavy (non-hydrogen) atoms. The number of hydrogen-bond acceptors (Lipinski definition) is 13. The number of carbonyl (C=O) groups excluding carboxylic acids is 1. The number of halogens is 4. The molecule has 1 saturated carbocycles. The lowest BCUT2D eigenvalue weighted by Gasteiger charge is -2.39. The molecule has 0 atom stereocenters. The Morgan fingerprint density at radius 3 is 2.37 bits per heavy atom. The minimum atomic E-state index is -6.07. The van der Waals surface area contributed by atoms with Crippen LogP contribution < -0.4 is 19.7 Å². The number of H-pyrrole nitrogens is 1. The zero-order valence-corrected chi connectivity index (χ0v) is 41.1. The highest BCUT2D eigenvalue weighted by atomic mass is 35.5. The number of amides is 1. The van der Waals surface area contributed by atoms with Gasteiger partial charge in [-0.15, -0.1) is 0 Å². The van der Waals surface area contributed by atoms with E-state index >= 15 is 0 Å². The Balaban J connectivity index is 0.965. The Bertz CT molecular complexity index is 2980. The molecule has 5 heterocycles. The van der Waals surface area contributed by atoms with Gasteiger partial charge in [0.15, 0.2) is 5.75 Å². The van der Waals surface area contributed by atoms with E-state index in [9.17, 15) is 34.8 Å². The lowest BCUT2D eigenvalue weighted by Crippen LogP contribution is -2.48. The van der Waals surface area contributed by atoms with E-state index in [2.05, 4.69) is 38.9 Å². The molecule has 4 aliphatic rings. The van der Waals surface area contributed by atoms with Gasteiger partial charge in [0.1, 0.15) is 16.3 Å². The monoisotopic (exact) mass is 1030 g/mol. The summed E-state index contributed by atoms with van der Waals surface area (Å²) in [5.41, 5.74) is -2.13. The van der Waals surface area contributed by atoms with Crippen LogP contribution in [-0.4, -0.2) is 131 Å². The van der Waals surface area contributed by atoms with Crippen LogP contribution in [0.1, 0.15) is 61.9 Å². The Morgan fingerprint density at radius 1 is 0.929 bits per heavy atom. The van der Waals surface area contributed by atoms with E-state index in [4.69, 9.17) is 25.8 Å². The largest absolute Gasteiger partial charge is 0.501 e. The number of anilines is 2. The molecule has 3 aliphatic heterocycles. The second-order valence-corrected chi connectivity index (χ2v) is 22.8. The minimum absolute atomic E-state index is 0.0132. The minimum Gasteiger partial charge on any atom is -0.453 e. The summed E-state index contributed by atoms with van der Waals surface area (Å²) < 4.78 is 117. The maximum absolute atomic E-state index is 14.3. The van der Waals surface area contributed by atoms with Gasteiger partial charge in [0.2, 0.25) is 0 Å². The first kappa shape index (κ1) is 49.7. The third-order valence-electron chi connectivity index (χ3n) is 13.5. The molecule has 5 aromatic rings. The van der Waals surface area contributed by atoms with Crippen LogP contribution in [0.5, 0.6) is 11.5 Å². The highest BCUT2D eigenvalue weighted by Gasteiger charge is 2.49. The number of alkyl halides is 3. The van der Waals surface area contributed by atoms with Crippen LogP contribution in [0.25, 0.3) is 16.6 Å². The number of para-hydroxylation sites is 1. The molecule has 0 radical (unpaired) electrons. The van der Waals surface area contributed by atoms with Gasteiger partial charge < -0.3 is 29.4 Å². The summed E-state index contributed by atoms with van der Waals surface area (Å²) in [7, 11) is -11.1. The topological polar surface area (TPSA) is 175 Å². The van der Waals surface area contributed by atoms with Crippen molar-refractivity contribution in [1.82, 2.24) is 24.5 Å². The van der Waals surface area contributed by atoms with Crippen LogP contribution >= 0.6 is 11.6 Å². The van der Waals surface area contributed by atoms with Crippen LogP contribution in [0.2, 0.25) is 5.02 Å². The van der Waals surface area contributed by atoms with Gasteiger partial charge in [0, 0.05) is 80.9 Å². The molecule has 3 fully saturated rings. The van der Waals surface area contributed by atoms with E-state index in [1.165, 1.54) is 23.4 Å². The summed E-state index contributed by atoms with van der Waals surface area (Å²) in [6, 6.07) is 18.3. The van der Waals surface area contributed by atoms with Crippen molar-refractivity contribution < 1.29 is 49.0 Å². The quantitative estimate of drug-likeness (QED) is 0.103. The number of morpholine rings is 1. The number of nitrogens with zero attached hydrogens (tertiary/aromatic N) is 4. The fourth-order valence-corrected chi connectivity index (χ4v) is 11.9. The molecule has 1 aliphatic carbocycles. The van der Waals surface area contributed by atoms with Crippen LogP contribution in [0.3, 0.4) is 0 Å². The van der Waals surface area contributed by atoms with Crippen LogP contribution in [0.4, 0.5) is 24.5 Å². The lowest BCUT2D eigenvalue weighted by molar-refractivity contribution is -0.0436. The van der Waals surface area contributed by atoms with E-state index in [1.807, 2.05) is 33.9 Å². The highest BCUT2D eigenvalue weighted by molar-refractivity contribution is 7.92. The second kappa shape index (κ2) is 20.1. The Hall–Kier alpha value is -5.22. The van der Waals surface area contributed by atoms with Crippen molar-refractivity contribution in [2.45, 2.75) is 78.9 Å². The van der Waals surface area contributed by atoms with Crippen molar-refractivity contribution in [3.63, 3.8) is 0 Å². The predicted octanol–water partition coefficient (Wildman–Crippen LogP) is 8.25. The number of sulfone groups is 1. The number of aromatic amines is 1. The Labute approximate surface area is 410 Å². The maximum Gasteiger partial charge on any atom is 0.501 e. The summed E-state index contributed by atoms with van der Waals surface area (Å²) in [5, 5.41) is 4.33. The smallest absolute Gasteiger partial charge is 0.453 e. The molecule has 3 aromatic carbocycles. The molecule has 0 unspecified atom stereocenters. The van der Waals surface area contributed by atoms with E-state index in [-0.39, 0.29) is 40.4 Å². The van der Waals surface area contributed by atoms with Gasteiger partial charge in [0.05, 0.1) is 53.5 Å². The first-order valence-corrected chi connectivity index (χ1v) is 26.6. The molecule has 0 spiro atoms. The van der Waals surface area contributed by atoms with Gasteiger partial charge >= 0.3 is 5.51 Å². The number of nitrogens with one attached hydrogen (secondary N) is 3. The van der Waals surface area contributed by atoms with Crippen LogP contribution in [0.15, 0.2) is 101 Å². The molecule has 0 bridgehead atoms. The third kappa shape index (κ3) is 11.0.